The van der Waals surface area contributed by atoms with Crippen molar-refractivity contribution in [2.75, 3.05) is 0 Å². The fourth-order valence-electron chi connectivity index (χ4n) is 0.558. The maximum atomic E-state index is 12.6. The van der Waals surface area contributed by atoms with Gasteiger partial charge in [-0.3, -0.25) is 0 Å². The molecule has 0 aromatic carbocycles. The maximum Gasteiger partial charge on any atom is 0.177 e. The van der Waals surface area contributed by atoms with E-state index in [-0.39, 0.29) is 5.82 Å². The average Bonchev–Trinajstić information content (AvgIpc) is 2.05. The van der Waals surface area contributed by atoms with Crippen LogP contribution in [0.15, 0.2) is 31.1 Å². The molecular formula is C7H7FN2. The fraction of sp³-hybridized carbons (Fsp3) is 0.143. The zero-order chi connectivity index (χ0) is 7.40. The van der Waals surface area contributed by atoms with Gasteiger partial charge in [-0.25, -0.2) is 14.4 Å². The highest BCUT2D eigenvalue weighted by atomic mass is 19.1. The van der Waals surface area contributed by atoms with Crippen molar-refractivity contribution in [1.82, 2.24) is 9.97 Å². The van der Waals surface area contributed by atoms with E-state index >= 15 is 0 Å². The van der Waals surface area contributed by atoms with Crippen molar-refractivity contribution in [3.05, 3.63) is 36.9 Å². The monoisotopic (exact) mass is 138 g/mol. The van der Waals surface area contributed by atoms with Crippen LogP contribution in [0.2, 0.25) is 0 Å². The Kier molecular flexibility index (Phi) is 2.10. The Morgan fingerprint density at radius 3 is 2.60 bits per heavy atom. The first-order chi connectivity index (χ1) is 4.84. The summed E-state index contributed by atoms with van der Waals surface area (Å²) in [6.07, 6.45) is 2.91. The lowest BCUT2D eigenvalue weighted by atomic mass is 10.3. The van der Waals surface area contributed by atoms with Crippen molar-refractivity contribution in [2.45, 2.75) is 6.17 Å². The molecule has 0 saturated heterocycles. The van der Waals surface area contributed by atoms with Crippen molar-refractivity contribution < 1.29 is 4.39 Å². The molecule has 0 aliphatic rings. The lowest BCUT2D eigenvalue weighted by molar-refractivity contribution is 0.396. The normalized spacial score (nSPS) is 12.5. The smallest absolute Gasteiger partial charge is 0.177 e. The Morgan fingerprint density at radius 1 is 1.50 bits per heavy atom. The Balaban J connectivity index is 2.84. The number of hydrogen-bond donors (Lipinski definition) is 0. The van der Waals surface area contributed by atoms with Crippen LogP contribution in [0.4, 0.5) is 4.39 Å². The Bertz CT molecular complexity index is 210. The molecule has 1 heterocycles. The summed E-state index contributed by atoms with van der Waals surface area (Å²) in [5.41, 5.74) is 0. The molecule has 0 saturated carbocycles. The van der Waals surface area contributed by atoms with Gasteiger partial charge in [0.2, 0.25) is 0 Å². The molecule has 52 valence electrons. The number of alkyl halides is 1. The van der Waals surface area contributed by atoms with Crippen molar-refractivity contribution >= 4 is 0 Å². The van der Waals surface area contributed by atoms with Crippen LogP contribution < -0.4 is 0 Å². The third-order valence-electron chi connectivity index (χ3n) is 1.04. The molecule has 0 aliphatic carbocycles. The molecule has 1 aromatic heterocycles. The second-order valence-electron chi connectivity index (χ2n) is 1.74. The van der Waals surface area contributed by atoms with Gasteiger partial charge < -0.3 is 0 Å². The van der Waals surface area contributed by atoms with E-state index in [1.54, 1.807) is 6.07 Å². The van der Waals surface area contributed by atoms with Crippen LogP contribution >= 0.6 is 0 Å². The molecule has 0 bridgehead atoms. The van der Waals surface area contributed by atoms with E-state index in [2.05, 4.69) is 16.5 Å². The molecule has 0 amide bonds. The summed E-state index contributed by atoms with van der Waals surface area (Å²) in [6.45, 7) is 3.28. The van der Waals surface area contributed by atoms with Gasteiger partial charge in [-0.2, -0.15) is 0 Å². The lowest BCUT2D eigenvalue weighted by Crippen LogP contribution is -1.93. The van der Waals surface area contributed by atoms with Crippen LogP contribution in [-0.4, -0.2) is 9.97 Å². The summed E-state index contributed by atoms with van der Waals surface area (Å²) in [4.78, 5) is 7.38. The average molecular weight is 138 g/mol. The highest BCUT2D eigenvalue weighted by molar-refractivity contribution is 4.99. The van der Waals surface area contributed by atoms with Crippen LogP contribution in [0.5, 0.6) is 0 Å². The van der Waals surface area contributed by atoms with Gasteiger partial charge in [-0.05, 0) is 6.07 Å². The van der Waals surface area contributed by atoms with Crippen LogP contribution in [0, 0.1) is 0 Å². The van der Waals surface area contributed by atoms with E-state index in [4.69, 9.17) is 0 Å². The third kappa shape index (κ3) is 1.37. The number of hydrogen-bond acceptors (Lipinski definition) is 2. The van der Waals surface area contributed by atoms with Gasteiger partial charge in [-0.15, -0.1) is 0 Å². The van der Waals surface area contributed by atoms with Crippen LogP contribution in [-0.2, 0) is 0 Å². The molecule has 1 unspecified atom stereocenters. The van der Waals surface area contributed by atoms with Crippen molar-refractivity contribution in [3.63, 3.8) is 0 Å². The van der Waals surface area contributed by atoms with Gasteiger partial charge in [0.25, 0.3) is 0 Å². The van der Waals surface area contributed by atoms with E-state index < -0.39 is 6.17 Å². The second kappa shape index (κ2) is 3.06. The first-order valence-electron chi connectivity index (χ1n) is 2.88. The predicted octanol–water partition coefficient (Wildman–Crippen LogP) is 1.67. The van der Waals surface area contributed by atoms with Crippen LogP contribution in [0.3, 0.4) is 0 Å². The lowest BCUT2D eigenvalue weighted by Gasteiger charge is -1.97. The molecule has 3 heteroatoms. The fourth-order valence-corrected chi connectivity index (χ4v) is 0.558. The van der Waals surface area contributed by atoms with Crippen LogP contribution in [0.25, 0.3) is 0 Å². The van der Waals surface area contributed by atoms with Gasteiger partial charge in [-0.1, -0.05) is 12.7 Å². The topological polar surface area (TPSA) is 25.8 Å². The molecular weight excluding hydrogens is 131 g/mol. The minimum Gasteiger partial charge on any atom is -0.238 e. The standard InChI is InChI=1S/C7H7FN2/c1-2-6(8)7-9-4-3-5-10-7/h2-6H,1H2. The van der Waals surface area contributed by atoms with Crippen molar-refractivity contribution in [1.29, 1.82) is 0 Å². The predicted molar refractivity (Wildman–Crippen MR) is 36.1 cm³/mol. The highest BCUT2D eigenvalue weighted by Gasteiger charge is 2.04. The van der Waals surface area contributed by atoms with Crippen LogP contribution in [0.1, 0.15) is 12.0 Å². The minimum absolute atomic E-state index is 0.164. The number of allylic oxidation sites excluding steroid dienone is 1. The summed E-state index contributed by atoms with van der Waals surface area (Å²) in [5.74, 6) is 0.164. The summed E-state index contributed by atoms with van der Waals surface area (Å²) in [7, 11) is 0. The molecule has 1 rings (SSSR count). The van der Waals surface area contributed by atoms with Crippen molar-refractivity contribution in [3.8, 4) is 0 Å². The molecule has 0 N–H and O–H groups in total. The zero-order valence-electron chi connectivity index (χ0n) is 5.37. The van der Waals surface area contributed by atoms with E-state index in [1.165, 1.54) is 12.4 Å². The molecule has 0 radical (unpaired) electrons. The first kappa shape index (κ1) is 6.86. The molecule has 0 fully saturated rings. The highest BCUT2D eigenvalue weighted by Crippen LogP contribution is 2.10. The van der Waals surface area contributed by atoms with E-state index in [1.807, 2.05) is 0 Å². The summed E-state index contributed by atoms with van der Waals surface area (Å²) >= 11 is 0. The quantitative estimate of drug-likeness (QED) is 0.581. The largest absolute Gasteiger partial charge is 0.238 e. The summed E-state index contributed by atoms with van der Waals surface area (Å²) < 4.78 is 12.6. The summed E-state index contributed by atoms with van der Waals surface area (Å²) in [6, 6.07) is 1.64. The molecule has 1 atom stereocenters. The minimum atomic E-state index is -1.25. The molecule has 10 heavy (non-hydrogen) atoms. The Labute approximate surface area is 58.4 Å². The zero-order valence-corrected chi connectivity index (χ0v) is 5.37. The van der Waals surface area contributed by atoms with E-state index in [0.29, 0.717) is 0 Å². The number of rotatable bonds is 2. The molecule has 1 aromatic rings. The van der Waals surface area contributed by atoms with Gasteiger partial charge in [0.05, 0.1) is 0 Å². The molecule has 0 aliphatic heterocycles. The van der Waals surface area contributed by atoms with Gasteiger partial charge in [0.15, 0.2) is 12.0 Å². The second-order valence-corrected chi connectivity index (χ2v) is 1.74. The SMILES string of the molecule is C=CC(F)c1ncccn1. The van der Waals surface area contributed by atoms with Gasteiger partial charge in [0.1, 0.15) is 0 Å². The number of halogens is 1. The maximum absolute atomic E-state index is 12.6. The van der Waals surface area contributed by atoms with Gasteiger partial charge in [0, 0.05) is 12.4 Å². The number of aromatic nitrogens is 2. The van der Waals surface area contributed by atoms with Crippen molar-refractivity contribution in [2.24, 2.45) is 0 Å². The first-order valence-corrected chi connectivity index (χ1v) is 2.88. The van der Waals surface area contributed by atoms with E-state index in [0.717, 1.165) is 6.08 Å². The number of nitrogens with zero attached hydrogens (tertiary/aromatic N) is 2. The van der Waals surface area contributed by atoms with E-state index in [9.17, 15) is 4.39 Å². The summed E-state index contributed by atoms with van der Waals surface area (Å²) in [5, 5.41) is 0. The molecule has 2 nitrogen and oxygen atoms in total. The Morgan fingerprint density at radius 2 is 2.10 bits per heavy atom. The molecule has 0 spiro atoms. The van der Waals surface area contributed by atoms with Gasteiger partial charge >= 0.3 is 0 Å². The third-order valence-corrected chi connectivity index (χ3v) is 1.04. The Hall–Kier alpha value is -1.25.